The zero-order chi connectivity index (χ0) is 21.8. The topological polar surface area (TPSA) is 110 Å². The largest absolute Gasteiger partial charge is 0.417 e. The van der Waals surface area contributed by atoms with Crippen LogP contribution in [0.3, 0.4) is 0 Å². The molecule has 0 spiro atoms. The van der Waals surface area contributed by atoms with Gasteiger partial charge in [-0.3, -0.25) is 24.0 Å². The van der Waals surface area contributed by atoms with Gasteiger partial charge in [-0.15, -0.1) is 0 Å². The van der Waals surface area contributed by atoms with Crippen LogP contribution in [0.25, 0.3) is 0 Å². The smallest absolute Gasteiger partial charge is 0.383 e. The molecule has 158 valence electrons. The maximum atomic E-state index is 13.4. The van der Waals surface area contributed by atoms with Crippen molar-refractivity contribution in [2.75, 3.05) is 30.9 Å². The molecule has 1 heterocycles. The van der Waals surface area contributed by atoms with Gasteiger partial charge in [0.25, 0.3) is 11.5 Å². The maximum absolute atomic E-state index is 13.4. The van der Waals surface area contributed by atoms with Crippen LogP contribution in [0.4, 0.5) is 24.7 Å². The van der Waals surface area contributed by atoms with Gasteiger partial charge in [0.1, 0.15) is 5.82 Å². The number of carbonyl (C=O) groups is 1. The van der Waals surface area contributed by atoms with Crippen molar-refractivity contribution >= 4 is 17.4 Å². The lowest BCUT2D eigenvalue weighted by Crippen LogP contribution is -2.43. The summed E-state index contributed by atoms with van der Waals surface area (Å²) in [5.74, 6) is -1.40. The summed E-state index contributed by atoms with van der Waals surface area (Å²) in [5, 5.41) is 0. The van der Waals surface area contributed by atoms with Gasteiger partial charge in [0.05, 0.1) is 17.7 Å². The van der Waals surface area contributed by atoms with E-state index < -0.39 is 40.1 Å². The van der Waals surface area contributed by atoms with Crippen LogP contribution in [0.1, 0.15) is 29.3 Å². The monoisotopic (exact) mass is 414 g/mol. The first kappa shape index (κ1) is 22.2. The lowest BCUT2D eigenvalue weighted by atomic mass is 10.1. The van der Waals surface area contributed by atoms with Gasteiger partial charge in [-0.2, -0.15) is 13.2 Å². The molecule has 2 rings (SSSR count). The standard InChI is InChI=1S/C18H21F3N4O4/c1-3-8-25-14(22)13(15(26)23-17(25)28)24(9-10-29-2)16(27)11-6-4-5-7-12(11)18(19,20)21/h4-7H,3,8-10,22H2,1-2H3,(H,23,26,28). The minimum Gasteiger partial charge on any atom is -0.383 e. The predicted octanol–water partition coefficient (Wildman–Crippen LogP) is 1.84. The number of benzene rings is 1. The van der Waals surface area contributed by atoms with Gasteiger partial charge in [0.2, 0.25) is 0 Å². The van der Waals surface area contributed by atoms with E-state index in [0.29, 0.717) is 6.42 Å². The summed E-state index contributed by atoms with van der Waals surface area (Å²) < 4.78 is 46.1. The molecule has 1 amide bonds. The average molecular weight is 414 g/mol. The van der Waals surface area contributed by atoms with Crippen LogP contribution in [-0.4, -0.2) is 35.7 Å². The Balaban J connectivity index is 2.69. The molecular formula is C18H21F3N4O4. The Labute approximate surface area is 163 Å². The minimum absolute atomic E-state index is 0.0777. The summed E-state index contributed by atoms with van der Waals surface area (Å²) in [5.41, 5.74) is 2.02. The summed E-state index contributed by atoms with van der Waals surface area (Å²) >= 11 is 0. The molecule has 11 heteroatoms. The number of methoxy groups -OCH3 is 1. The number of H-pyrrole nitrogens is 1. The number of anilines is 2. The fraction of sp³-hybridized carbons (Fsp3) is 0.389. The number of amides is 1. The molecule has 1 aromatic carbocycles. The second-order valence-electron chi connectivity index (χ2n) is 6.14. The SMILES string of the molecule is CCCn1c(N)c(N(CCOC)C(=O)c2ccccc2C(F)(F)F)c(=O)[nH]c1=O. The van der Waals surface area contributed by atoms with Crippen molar-refractivity contribution in [1.29, 1.82) is 0 Å². The van der Waals surface area contributed by atoms with E-state index in [1.807, 2.05) is 0 Å². The Hall–Kier alpha value is -3.08. The van der Waals surface area contributed by atoms with E-state index in [1.54, 1.807) is 6.92 Å². The highest BCUT2D eigenvalue weighted by atomic mass is 19.4. The van der Waals surface area contributed by atoms with Crippen LogP contribution in [0, 0.1) is 0 Å². The number of aromatic nitrogens is 2. The van der Waals surface area contributed by atoms with Crippen LogP contribution < -0.4 is 21.9 Å². The summed E-state index contributed by atoms with van der Waals surface area (Å²) in [7, 11) is 1.33. The molecule has 2 aromatic rings. The molecule has 1 aromatic heterocycles. The van der Waals surface area contributed by atoms with Crippen molar-refractivity contribution in [3.8, 4) is 0 Å². The number of halogens is 3. The molecule has 0 bridgehead atoms. The van der Waals surface area contributed by atoms with Crippen LogP contribution in [0.15, 0.2) is 33.9 Å². The quantitative estimate of drug-likeness (QED) is 0.718. The number of nitrogens with zero attached hydrogens (tertiary/aromatic N) is 2. The Morgan fingerprint density at radius 3 is 2.52 bits per heavy atom. The first-order valence-corrected chi connectivity index (χ1v) is 8.73. The van der Waals surface area contributed by atoms with Crippen LogP contribution in [0.5, 0.6) is 0 Å². The fourth-order valence-corrected chi connectivity index (χ4v) is 2.84. The van der Waals surface area contributed by atoms with Crippen LogP contribution in [0.2, 0.25) is 0 Å². The van der Waals surface area contributed by atoms with E-state index in [1.165, 1.54) is 13.2 Å². The third kappa shape index (κ3) is 4.67. The Kier molecular flexibility index (Phi) is 6.85. The van der Waals surface area contributed by atoms with E-state index in [2.05, 4.69) is 4.98 Å². The third-order valence-corrected chi connectivity index (χ3v) is 4.16. The van der Waals surface area contributed by atoms with E-state index in [0.717, 1.165) is 27.7 Å². The number of hydrogen-bond donors (Lipinski definition) is 2. The number of alkyl halides is 3. The Morgan fingerprint density at radius 1 is 1.28 bits per heavy atom. The van der Waals surface area contributed by atoms with Crippen molar-refractivity contribution < 1.29 is 22.7 Å². The predicted molar refractivity (Wildman–Crippen MR) is 101 cm³/mol. The average Bonchev–Trinajstić information content (AvgIpc) is 2.66. The molecule has 29 heavy (non-hydrogen) atoms. The molecule has 8 nitrogen and oxygen atoms in total. The number of ether oxygens (including phenoxy) is 1. The van der Waals surface area contributed by atoms with E-state index in [4.69, 9.17) is 10.5 Å². The number of rotatable bonds is 7. The van der Waals surface area contributed by atoms with Gasteiger partial charge < -0.3 is 10.5 Å². The first-order chi connectivity index (χ1) is 13.6. The van der Waals surface area contributed by atoms with Gasteiger partial charge in [-0.05, 0) is 18.6 Å². The van der Waals surface area contributed by atoms with Gasteiger partial charge in [-0.25, -0.2) is 4.79 Å². The molecule has 0 aliphatic carbocycles. The molecule has 0 radical (unpaired) electrons. The number of nitrogen functional groups attached to an aromatic ring is 1. The van der Waals surface area contributed by atoms with Gasteiger partial charge in [0.15, 0.2) is 5.69 Å². The van der Waals surface area contributed by atoms with Crippen molar-refractivity contribution in [3.63, 3.8) is 0 Å². The lowest BCUT2D eigenvalue weighted by molar-refractivity contribution is -0.137. The minimum atomic E-state index is -4.78. The molecular weight excluding hydrogens is 393 g/mol. The van der Waals surface area contributed by atoms with Crippen LogP contribution >= 0.6 is 0 Å². The highest BCUT2D eigenvalue weighted by molar-refractivity contribution is 6.08. The molecule has 0 aliphatic rings. The van der Waals surface area contributed by atoms with Crippen molar-refractivity contribution in [2.45, 2.75) is 26.1 Å². The molecule has 0 saturated heterocycles. The Bertz CT molecular complexity index is 998. The fourth-order valence-electron chi connectivity index (χ4n) is 2.84. The number of nitrogens with one attached hydrogen (secondary N) is 1. The number of carbonyl (C=O) groups excluding carboxylic acids is 1. The summed E-state index contributed by atoms with van der Waals surface area (Å²) in [4.78, 5) is 40.4. The zero-order valence-corrected chi connectivity index (χ0v) is 15.9. The normalized spacial score (nSPS) is 11.5. The number of aromatic amines is 1. The Morgan fingerprint density at radius 2 is 1.93 bits per heavy atom. The highest BCUT2D eigenvalue weighted by Gasteiger charge is 2.37. The third-order valence-electron chi connectivity index (χ3n) is 4.16. The second-order valence-corrected chi connectivity index (χ2v) is 6.14. The summed E-state index contributed by atoms with van der Waals surface area (Å²) in [6.45, 7) is 1.59. The molecule has 0 unspecified atom stereocenters. The molecule has 0 aliphatic heterocycles. The van der Waals surface area contributed by atoms with Gasteiger partial charge >= 0.3 is 11.9 Å². The summed E-state index contributed by atoms with van der Waals surface area (Å²) in [6, 6.07) is 4.22. The van der Waals surface area contributed by atoms with Crippen molar-refractivity contribution in [3.05, 3.63) is 56.2 Å². The highest BCUT2D eigenvalue weighted by Crippen LogP contribution is 2.33. The molecule has 0 atom stereocenters. The zero-order valence-electron chi connectivity index (χ0n) is 15.9. The second kappa shape index (κ2) is 8.95. The molecule has 0 fully saturated rings. The number of hydrogen-bond acceptors (Lipinski definition) is 5. The maximum Gasteiger partial charge on any atom is 0.417 e. The number of nitrogens with two attached hydrogens (primary N) is 1. The first-order valence-electron chi connectivity index (χ1n) is 8.73. The van der Waals surface area contributed by atoms with E-state index in [9.17, 15) is 27.6 Å². The summed E-state index contributed by atoms with van der Waals surface area (Å²) in [6.07, 6.45) is -4.28. The molecule has 3 N–H and O–H groups in total. The van der Waals surface area contributed by atoms with Crippen LogP contribution in [-0.2, 0) is 17.5 Å². The molecule has 0 saturated carbocycles. The van der Waals surface area contributed by atoms with Crippen molar-refractivity contribution in [2.24, 2.45) is 0 Å². The van der Waals surface area contributed by atoms with Gasteiger partial charge in [-0.1, -0.05) is 19.1 Å². The van der Waals surface area contributed by atoms with E-state index >= 15 is 0 Å². The van der Waals surface area contributed by atoms with E-state index in [-0.39, 0.29) is 25.5 Å². The van der Waals surface area contributed by atoms with Crippen molar-refractivity contribution in [1.82, 2.24) is 9.55 Å². The van der Waals surface area contributed by atoms with Gasteiger partial charge in [0, 0.05) is 20.2 Å². The lowest BCUT2D eigenvalue weighted by Gasteiger charge is -2.25.